The zero-order chi connectivity index (χ0) is 13.8. The Morgan fingerprint density at radius 2 is 2.05 bits per heavy atom. The van der Waals surface area contributed by atoms with Gasteiger partial charge in [-0.15, -0.1) is 0 Å². The molecule has 0 saturated heterocycles. The lowest BCUT2D eigenvalue weighted by molar-refractivity contribution is 0.792. The Labute approximate surface area is 119 Å². The molecule has 0 unspecified atom stereocenters. The smallest absolute Gasteiger partial charge is 0.0663 e. The molecule has 2 rings (SSSR count). The van der Waals surface area contributed by atoms with Crippen molar-refractivity contribution in [2.45, 2.75) is 33.1 Å². The Morgan fingerprint density at radius 1 is 1.26 bits per heavy atom. The normalized spacial score (nSPS) is 10.9. The van der Waals surface area contributed by atoms with E-state index in [9.17, 15) is 0 Å². The van der Waals surface area contributed by atoms with Crippen LogP contribution in [-0.2, 0) is 19.3 Å². The van der Waals surface area contributed by atoms with Gasteiger partial charge in [0.05, 0.1) is 11.4 Å². The molecule has 0 amide bonds. The largest absolute Gasteiger partial charge is 0.330 e. The summed E-state index contributed by atoms with van der Waals surface area (Å²) in [7, 11) is 0. The molecule has 0 spiro atoms. The van der Waals surface area contributed by atoms with E-state index in [-0.39, 0.29) is 0 Å². The summed E-state index contributed by atoms with van der Waals surface area (Å²) >= 11 is 6.07. The molecule has 0 fully saturated rings. The molecule has 0 saturated carbocycles. The van der Waals surface area contributed by atoms with Crippen LogP contribution < -0.4 is 5.73 Å². The fourth-order valence-corrected chi connectivity index (χ4v) is 2.62. The van der Waals surface area contributed by atoms with Crippen LogP contribution in [0.15, 0.2) is 24.3 Å². The number of nitrogens with two attached hydrogens (primary N) is 1. The molecule has 1 heterocycles. The van der Waals surface area contributed by atoms with Gasteiger partial charge in [0.25, 0.3) is 0 Å². The molecule has 1 aromatic carbocycles. The molecule has 3 nitrogen and oxygen atoms in total. The first-order valence-electron chi connectivity index (χ1n) is 6.76. The predicted molar refractivity (Wildman–Crippen MR) is 80.1 cm³/mol. The highest BCUT2D eigenvalue weighted by Gasteiger charge is 2.15. The van der Waals surface area contributed by atoms with Gasteiger partial charge < -0.3 is 5.73 Å². The highest BCUT2D eigenvalue weighted by molar-refractivity contribution is 6.30. The average Bonchev–Trinajstić information content (AvgIpc) is 2.77. The molecule has 0 aliphatic carbocycles. The summed E-state index contributed by atoms with van der Waals surface area (Å²) in [5, 5.41) is 5.46. The van der Waals surface area contributed by atoms with Crippen molar-refractivity contribution in [2.24, 2.45) is 5.73 Å². The second-order valence-corrected chi connectivity index (χ2v) is 4.95. The molecule has 2 aromatic rings. The van der Waals surface area contributed by atoms with E-state index < -0.39 is 0 Å². The highest BCUT2D eigenvalue weighted by Crippen LogP contribution is 2.22. The Bertz CT molecular complexity index is 561. The fraction of sp³-hybridized carbons (Fsp3) is 0.400. The van der Waals surface area contributed by atoms with E-state index >= 15 is 0 Å². The summed E-state index contributed by atoms with van der Waals surface area (Å²) in [5.74, 6) is 0. The van der Waals surface area contributed by atoms with E-state index in [1.807, 2.05) is 28.9 Å². The molecule has 2 N–H and O–H groups in total. The lowest BCUT2D eigenvalue weighted by atomic mass is 10.1. The van der Waals surface area contributed by atoms with Gasteiger partial charge in [0.15, 0.2) is 0 Å². The molecular formula is C15H20ClN3. The standard InChI is InChI=1S/C15H20ClN3/c1-3-14-13(8-9-17)15(4-2)19(18-14)12-7-5-6-11(16)10-12/h5-7,10H,3-4,8-9,17H2,1-2H3. The van der Waals surface area contributed by atoms with E-state index in [0.29, 0.717) is 6.54 Å². The number of hydrogen-bond acceptors (Lipinski definition) is 2. The van der Waals surface area contributed by atoms with Crippen LogP contribution >= 0.6 is 11.6 Å². The molecule has 0 radical (unpaired) electrons. The molecule has 0 atom stereocenters. The predicted octanol–water partition coefficient (Wildman–Crippen LogP) is 3.15. The number of benzene rings is 1. The maximum atomic E-state index is 6.07. The first-order valence-corrected chi connectivity index (χ1v) is 7.14. The monoisotopic (exact) mass is 277 g/mol. The molecule has 0 bridgehead atoms. The number of halogens is 1. The van der Waals surface area contributed by atoms with Gasteiger partial charge in [0.2, 0.25) is 0 Å². The van der Waals surface area contributed by atoms with E-state index in [0.717, 1.165) is 35.7 Å². The summed E-state index contributed by atoms with van der Waals surface area (Å²) in [6.07, 6.45) is 2.75. The lowest BCUT2D eigenvalue weighted by Crippen LogP contribution is -2.07. The van der Waals surface area contributed by atoms with Gasteiger partial charge in [-0.2, -0.15) is 5.10 Å². The number of aryl methyl sites for hydroxylation is 1. The average molecular weight is 278 g/mol. The Kier molecular flexibility index (Phi) is 4.61. The third kappa shape index (κ3) is 2.82. The van der Waals surface area contributed by atoms with Crippen molar-refractivity contribution in [1.82, 2.24) is 9.78 Å². The lowest BCUT2D eigenvalue weighted by Gasteiger charge is -2.07. The van der Waals surface area contributed by atoms with E-state index in [4.69, 9.17) is 22.4 Å². The molecule has 0 aliphatic heterocycles. The SMILES string of the molecule is CCc1nn(-c2cccc(Cl)c2)c(CC)c1CCN. The summed E-state index contributed by atoms with van der Waals surface area (Å²) in [6, 6.07) is 7.80. The van der Waals surface area contributed by atoms with Gasteiger partial charge in [-0.05, 0) is 49.6 Å². The maximum absolute atomic E-state index is 6.07. The number of hydrogen-bond donors (Lipinski definition) is 1. The zero-order valence-corrected chi connectivity index (χ0v) is 12.2. The summed E-state index contributed by atoms with van der Waals surface area (Å²) < 4.78 is 2.01. The zero-order valence-electron chi connectivity index (χ0n) is 11.5. The minimum Gasteiger partial charge on any atom is -0.330 e. The Hall–Kier alpha value is -1.32. The molecule has 4 heteroatoms. The van der Waals surface area contributed by atoms with Crippen molar-refractivity contribution in [3.63, 3.8) is 0 Å². The quantitative estimate of drug-likeness (QED) is 0.912. The third-order valence-electron chi connectivity index (χ3n) is 3.29. The second kappa shape index (κ2) is 6.22. The minimum atomic E-state index is 0.654. The van der Waals surface area contributed by atoms with Crippen LogP contribution in [-0.4, -0.2) is 16.3 Å². The van der Waals surface area contributed by atoms with Crippen molar-refractivity contribution < 1.29 is 0 Å². The molecule has 102 valence electrons. The van der Waals surface area contributed by atoms with Crippen LogP contribution in [0, 0.1) is 0 Å². The molecule has 1 aromatic heterocycles. The van der Waals surface area contributed by atoms with Crippen molar-refractivity contribution in [2.75, 3.05) is 6.54 Å². The minimum absolute atomic E-state index is 0.654. The number of aromatic nitrogens is 2. The van der Waals surface area contributed by atoms with Gasteiger partial charge in [-0.25, -0.2) is 4.68 Å². The van der Waals surface area contributed by atoms with Crippen LogP contribution in [0.2, 0.25) is 5.02 Å². The van der Waals surface area contributed by atoms with Crippen molar-refractivity contribution in [1.29, 1.82) is 0 Å². The van der Waals surface area contributed by atoms with Crippen molar-refractivity contribution >= 4 is 11.6 Å². The Morgan fingerprint density at radius 3 is 2.63 bits per heavy atom. The third-order valence-corrected chi connectivity index (χ3v) is 3.53. The van der Waals surface area contributed by atoms with Crippen LogP contribution in [0.1, 0.15) is 30.8 Å². The van der Waals surface area contributed by atoms with Crippen LogP contribution in [0.5, 0.6) is 0 Å². The molecule has 0 aliphatic rings. The van der Waals surface area contributed by atoms with Gasteiger partial charge >= 0.3 is 0 Å². The first-order chi connectivity index (χ1) is 9.21. The summed E-state index contributed by atoms with van der Waals surface area (Å²) in [4.78, 5) is 0. The first kappa shape index (κ1) is 14.1. The fourth-order valence-electron chi connectivity index (χ4n) is 2.44. The summed E-state index contributed by atoms with van der Waals surface area (Å²) in [5.41, 5.74) is 10.4. The molecular weight excluding hydrogens is 258 g/mol. The van der Waals surface area contributed by atoms with Gasteiger partial charge in [-0.1, -0.05) is 31.5 Å². The number of rotatable bonds is 5. The number of nitrogens with zero attached hydrogens (tertiary/aromatic N) is 2. The van der Waals surface area contributed by atoms with Crippen molar-refractivity contribution in [3.05, 3.63) is 46.2 Å². The van der Waals surface area contributed by atoms with Crippen molar-refractivity contribution in [3.8, 4) is 5.69 Å². The second-order valence-electron chi connectivity index (χ2n) is 4.51. The van der Waals surface area contributed by atoms with Crippen LogP contribution in [0.25, 0.3) is 5.69 Å². The van der Waals surface area contributed by atoms with Gasteiger partial charge in [-0.3, -0.25) is 0 Å². The van der Waals surface area contributed by atoms with E-state index in [1.165, 1.54) is 11.3 Å². The van der Waals surface area contributed by atoms with E-state index in [1.54, 1.807) is 0 Å². The topological polar surface area (TPSA) is 43.8 Å². The van der Waals surface area contributed by atoms with Crippen LogP contribution in [0.4, 0.5) is 0 Å². The summed E-state index contributed by atoms with van der Waals surface area (Å²) in [6.45, 7) is 4.93. The maximum Gasteiger partial charge on any atom is 0.0663 e. The van der Waals surface area contributed by atoms with Gasteiger partial charge in [0, 0.05) is 10.7 Å². The Balaban J connectivity index is 2.56. The van der Waals surface area contributed by atoms with E-state index in [2.05, 4.69) is 13.8 Å². The van der Waals surface area contributed by atoms with Crippen LogP contribution in [0.3, 0.4) is 0 Å². The highest BCUT2D eigenvalue weighted by atomic mass is 35.5. The molecule has 19 heavy (non-hydrogen) atoms. The van der Waals surface area contributed by atoms with Gasteiger partial charge in [0.1, 0.15) is 0 Å².